The number of carbonyl (C=O) groups excluding carboxylic acids is 2. The lowest BCUT2D eigenvalue weighted by Crippen LogP contribution is -3.08. The third-order valence-corrected chi connectivity index (χ3v) is 4.07. The van der Waals surface area contributed by atoms with E-state index in [0.29, 0.717) is 29.3 Å². The number of anilines is 1. The van der Waals surface area contributed by atoms with Gasteiger partial charge in [0.05, 0.1) is 26.8 Å². The summed E-state index contributed by atoms with van der Waals surface area (Å²) in [5.74, 6) is 1.01. The van der Waals surface area contributed by atoms with E-state index in [-0.39, 0.29) is 18.4 Å². The van der Waals surface area contributed by atoms with Crippen molar-refractivity contribution in [1.82, 2.24) is 5.32 Å². The molecule has 2 aromatic rings. The molecule has 27 heavy (non-hydrogen) atoms. The molecule has 7 nitrogen and oxygen atoms in total. The number of amides is 2. The van der Waals surface area contributed by atoms with Crippen LogP contribution in [0.25, 0.3) is 0 Å². The first kappa shape index (κ1) is 20.3. The molecule has 2 aromatic carbocycles. The first-order valence-corrected chi connectivity index (χ1v) is 8.61. The van der Waals surface area contributed by atoms with Gasteiger partial charge in [0.2, 0.25) is 0 Å². The van der Waals surface area contributed by atoms with Crippen molar-refractivity contribution in [3.05, 3.63) is 53.6 Å². The Balaban J connectivity index is 1.99. The number of likely N-dealkylation sites (N-methyl/N-ethyl adjacent to an activating group) is 1. The molecule has 1 atom stereocenters. The second-order valence-electron chi connectivity index (χ2n) is 6.17. The molecule has 7 heteroatoms. The fourth-order valence-electron chi connectivity index (χ4n) is 2.84. The predicted octanol–water partition coefficient (Wildman–Crippen LogP) is 0.717. The molecule has 1 unspecified atom stereocenters. The molecule has 0 radical (unpaired) electrons. The van der Waals surface area contributed by atoms with Crippen LogP contribution in [0, 0.1) is 0 Å². The van der Waals surface area contributed by atoms with E-state index in [1.165, 1.54) is 0 Å². The SMILES string of the molecule is CNC(=O)c1cccc(NC(=O)C[NH+](C)Cc2cccc(OC)c2OC)c1. The van der Waals surface area contributed by atoms with Gasteiger partial charge in [0.1, 0.15) is 6.54 Å². The topological polar surface area (TPSA) is 81.1 Å². The second-order valence-corrected chi connectivity index (χ2v) is 6.17. The van der Waals surface area contributed by atoms with Crippen molar-refractivity contribution in [3.63, 3.8) is 0 Å². The Kier molecular flexibility index (Phi) is 7.19. The number of rotatable bonds is 8. The number of nitrogens with one attached hydrogen (secondary N) is 3. The predicted molar refractivity (Wildman–Crippen MR) is 103 cm³/mol. The zero-order valence-corrected chi connectivity index (χ0v) is 16.1. The van der Waals surface area contributed by atoms with Crippen molar-refractivity contribution in [2.45, 2.75) is 6.54 Å². The molecule has 3 N–H and O–H groups in total. The summed E-state index contributed by atoms with van der Waals surface area (Å²) < 4.78 is 10.8. The summed E-state index contributed by atoms with van der Waals surface area (Å²) >= 11 is 0. The summed E-state index contributed by atoms with van der Waals surface area (Å²) in [4.78, 5) is 25.0. The molecular formula is C20H26N3O4+. The minimum atomic E-state index is -0.195. The van der Waals surface area contributed by atoms with E-state index in [4.69, 9.17) is 9.47 Å². The van der Waals surface area contributed by atoms with Crippen LogP contribution in [0.5, 0.6) is 11.5 Å². The maximum absolute atomic E-state index is 12.4. The van der Waals surface area contributed by atoms with Crippen LogP contribution in [0.1, 0.15) is 15.9 Å². The zero-order chi connectivity index (χ0) is 19.8. The number of benzene rings is 2. The Bertz CT molecular complexity index is 808. The van der Waals surface area contributed by atoms with E-state index in [1.54, 1.807) is 45.5 Å². The van der Waals surface area contributed by atoms with E-state index in [0.717, 1.165) is 10.5 Å². The number of methoxy groups -OCH3 is 2. The molecule has 2 rings (SSSR count). The van der Waals surface area contributed by atoms with Crippen molar-refractivity contribution in [2.24, 2.45) is 0 Å². The number of quaternary nitrogens is 1. The molecule has 0 aliphatic rings. The highest BCUT2D eigenvalue weighted by Gasteiger charge is 2.16. The van der Waals surface area contributed by atoms with Gasteiger partial charge < -0.3 is 25.0 Å². The van der Waals surface area contributed by atoms with Crippen LogP contribution in [0.2, 0.25) is 0 Å². The van der Waals surface area contributed by atoms with Gasteiger partial charge in [-0.3, -0.25) is 9.59 Å². The maximum Gasteiger partial charge on any atom is 0.279 e. The van der Waals surface area contributed by atoms with E-state index in [1.807, 2.05) is 25.2 Å². The van der Waals surface area contributed by atoms with Gasteiger partial charge in [0.15, 0.2) is 18.0 Å². The number of carbonyl (C=O) groups is 2. The van der Waals surface area contributed by atoms with E-state index < -0.39 is 0 Å². The highest BCUT2D eigenvalue weighted by molar-refractivity contribution is 5.97. The molecule has 0 heterocycles. The highest BCUT2D eigenvalue weighted by Crippen LogP contribution is 2.29. The Labute approximate surface area is 159 Å². The van der Waals surface area contributed by atoms with Gasteiger partial charge in [0.25, 0.3) is 11.8 Å². The lowest BCUT2D eigenvalue weighted by Gasteiger charge is -2.17. The smallest absolute Gasteiger partial charge is 0.279 e. The molecule has 0 saturated carbocycles. The van der Waals surface area contributed by atoms with Crippen LogP contribution < -0.4 is 25.0 Å². The largest absolute Gasteiger partial charge is 0.493 e. The summed E-state index contributed by atoms with van der Waals surface area (Å²) in [7, 11) is 6.69. The number of ether oxygens (including phenoxy) is 2. The number of hydrogen-bond acceptors (Lipinski definition) is 4. The lowest BCUT2D eigenvalue weighted by atomic mass is 10.1. The summed E-state index contributed by atoms with van der Waals surface area (Å²) in [6.07, 6.45) is 0. The van der Waals surface area contributed by atoms with Crippen LogP contribution in [-0.2, 0) is 11.3 Å². The van der Waals surface area contributed by atoms with Crippen LogP contribution in [0.4, 0.5) is 5.69 Å². The van der Waals surface area contributed by atoms with Crippen molar-refractivity contribution >= 4 is 17.5 Å². The van der Waals surface area contributed by atoms with Gasteiger partial charge in [-0.05, 0) is 30.3 Å². The lowest BCUT2D eigenvalue weighted by molar-refractivity contribution is -0.885. The minimum absolute atomic E-state index is 0.136. The summed E-state index contributed by atoms with van der Waals surface area (Å²) in [5, 5.41) is 5.40. The fourth-order valence-corrected chi connectivity index (χ4v) is 2.84. The van der Waals surface area contributed by atoms with Crippen LogP contribution in [-0.4, -0.2) is 46.7 Å². The van der Waals surface area contributed by atoms with Gasteiger partial charge in [-0.1, -0.05) is 12.1 Å². The molecule has 0 bridgehead atoms. The van der Waals surface area contributed by atoms with Crippen molar-refractivity contribution in [3.8, 4) is 11.5 Å². The van der Waals surface area contributed by atoms with Crippen molar-refractivity contribution < 1.29 is 24.0 Å². The number of para-hydroxylation sites is 1. The average molecular weight is 372 g/mol. The van der Waals surface area contributed by atoms with Crippen molar-refractivity contribution in [1.29, 1.82) is 0 Å². The molecule has 0 aliphatic carbocycles. The van der Waals surface area contributed by atoms with Crippen LogP contribution in [0.3, 0.4) is 0 Å². The van der Waals surface area contributed by atoms with Crippen LogP contribution >= 0.6 is 0 Å². The highest BCUT2D eigenvalue weighted by atomic mass is 16.5. The van der Waals surface area contributed by atoms with Gasteiger partial charge in [-0.25, -0.2) is 0 Å². The zero-order valence-electron chi connectivity index (χ0n) is 16.1. The van der Waals surface area contributed by atoms with Gasteiger partial charge in [0, 0.05) is 18.3 Å². The van der Waals surface area contributed by atoms with Crippen LogP contribution in [0.15, 0.2) is 42.5 Å². The summed E-state index contributed by atoms with van der Waals surface area (Å²) in [6.45, 7) is 0.872. The van der Waals surface area contributed by atoms with E-state index in [9.17, 15) is 9.59 Å². The Morgan fingerprint density at radius 1 is 1.07 bits per heavy atom. The second kappa shape index (κ2) is 9.59. The van der Waals surface area contributed by atoms with E-state index >= 15 is 0 Å². The molecule has 0 aromatic heterocycles. The molecule has 0 aliphatic heterocycles. The third-order valence-electron chi connectivity index (χ3n) is 4.07. The standard InChI is InChI=1S/C20H25N3O4/c1-21-20(25)14-7-5-9-16(11-14)22-18(24)13-23(2)12-15-8-6-10-17(26-3)19(15)27-4/h5-11H,12-13H2,1-4H3,(H,21,25)(H,22,24)/p+1. The molecule has 0 spiro atoms. The molecule has 0 saturated heterocycles. The summed E-state index contributed by atoms with van der Waals surface area (Å²) in [5.41, 5.74) is 2.05. The van der Waals surface area contributed by atoms with Gasteiger partial charge in [-0.15, -0.1) is 0 Å². The fraction of sp³-hybridized carbons (Fsp3) is 0.300. The van der Waals surface area contributed by atoms with Gasteiger partial charge >= 0.3 is 0 Å². The molecule has 144 valence electrons. The normalized spacial score (nSPS) is 11.4. The average Bonchev–Trinajstić information content (AvgIpc) is 2.66. The molecular weight excluding hydrogens is 346 g/mol. The third kappa shape index (κ3) is 5.46. The molecule has 2 amide bonds. The van der Waals surface area contributed by atoms with Gasteiger partial charge in [-0.2, -0.15) is 0 Å². The van der Waals surface area contributed by atoms with Crippen molar-refractivity contribution in [2.75, 3.05) is 40.2 Å². The molecule has 0 fully saturated rings. The first-order chi connectivity index (χ1) is 13.0. The van der Waals surface area contributed by atoms with E-state index in [2.05, 4.69) is 10.6 Å². The number of hydrogen-bond donors (Lipinski definition) is 3. The Hall–Kier alpha value is -3.06. The Morgan fingerprint density at radius 2 is 1.81 bits per heavy atom. The first-order valence-electron chi connectivity index (χ1n) is 8.61. The minimum Gasteiger partial charge on any atom is -0.493 e. The summed E-state index contributed by atoms with van der Waals surface area (Å²) in [6, 6.07) is 12.5. The maximum atomic E-state index is 12.4. The Morgan fingerprint density at radius 3 is 2.48 bits per heavy atom. The quantitative estimate of drug-likeness (QED) is 0.638. The monoisotopic (exact) mass is 372 g/mol.